The molecule has 0 spiro atoms. The molecule has 0 unspecified atom stereocenters. The van der Waals surface area contributed by atoms with Crippen LogP contribution in [0.15, 0.2) is 36.9 Å². The molecule has 0 heterocycles. The number of carbonyl (C=O) groups is 1. The van der Waals surface area contributed by atoms with Gasteiger partial charge in [0.25, 0.3) is 0 Å². The minimum Gasteiger partial charge on any atom is -0.334 e. The fourth-order valence-electron chi connectivity index (χ4n) is 1.98. The monoisotopic (exact) mass is 262 g/mol. The maximum atomic E-state index is 12.9. The van der Waals surface area contributed by atoms with E-state index in [0.717, 1.165) is 18.4 Å². The van der Waals surface area contributed by atoms with E-state index in [2.05, 4.69) is 11.9 Å². The smallest absolute Gasteiger partial charge is 0.237 e. The van der Waals surface area contributed by atoms with Gasteiger partial charge in [0.05, 0.1) is 6.54 Å². The van der Waals surface area contributed by atoms with Crippen LogP contribution in [-0.2, 0) is 11.3 Å². The first kappa shape index (κ1) is 13.7. The second-order valence-corrected chi connectivity index (χ2v) is 4.80. The summed E-state index contributed by atoms with van der Waals surface area (Å²) in [6.45, 7) is 5.11. The Morgan fingerprint density at radius 1 is 1.42 bits per heavy atom. The lowest BCUT2D eigenvalue weighted by Crippen LogP contribution is -2.39. The Bertz CT molecular complexity index is 440. The molecular formula is C15H19FN2O. The molecule has 3 nitrogen and oxygen atoms in total. The van der Waals surface area contributed by atoms with Gasteiger partial charge in [-0.25, -0.2) is 4.39 Å². The molecule has 1 saturated carbocycles. The lowest BCUT2D eigenvalue weighted by Gasteiger charge is -2.22. The zero-order valence-corrected chi connectivity index (χ0v) is 10.9. The molecule has 0 atom stereocenters. The predicted molar refractivity (Wildman–Crippen MR) is 73.0 cm³/mol. The number of nitrogens with zero attached hydrogens (tertiary/aromatic N) is 1. The van der Waals surface area contributed by atoms with Gasteiger partial charge in [0.2, 0.25) is 5.91 Å². The highest BCUT2D eigenvalue weighted by Gasteiger charge is 2.32. The summed E-state index contributed by atoms with van der Waals surface area (Å²) in [4.78, 5) is 14.0. The van der Waals surface area contributed by atoms with Crippen molar-refractivity contribution in [3.05, 3.63) is 48.3 Å². The standard InChI is InChI=1S/C15H19FN2O/c1-2-9-17-10-15(19)18(14-7-8-14)11-12-3-5-13(16)6-4-12/h2-6,14,17H,1,7-11H2. The molecular weight excluding hydrogens is 243 g/mol. The number of carbonyl (C=O) groups excluding carboxylic acids is 1. The third kappa shape index (κ3) is 4.17. The second-order valence-electron chi connectivity index (χ2n) is 4.80. The van der Waals surface area contributed by atoms with E-state index in [1.54, 1.807) is 18.2 Å². The minimum atomic E-state index is -0.249. The van der Waals surface area contributed by atoms with Crippen molar-refractivity contribution in [1.29, 1.82) is 0 Å². The predicted octanol–water partition coefficient (Wildman–Crippen LogP) is 2.09. The van der Waals surface area contributed by atoms with Gasteiger partial charge in [-0.15, -0.1) is 6.58 Å². The molecule has 1 N–H and O–H groups in total. The van der Waals surface area contributed by atoms with Crippen LogP contribution in [0.1, 0.15) is 18.4 Å². The molecule has 1 aliphatic carbocycles. The van der Waals surface area contributed by atoms with Gasteiger partial charge in [-0.2, -0.15) is 0 Å². The molecule has 1 aliphatic rings. The van der Waals surface area contributed by atoms with Crippen LogP contribution in [0.4, 0.5) is 4.39 Å². The average Bonchev–Trinajstić information content (AvgIpc) is 3.22. The summed E-state index contributed by atoms with van der Waals surface area (Å²) in [6.07, 6.45) is 3.86. The molecule has 2 rings (SSSR count). The molecule has 19 heavy (non-hydrogen) atoms. The summed E-state index contributed by atoms with van der Waals surface area (Å²) >= 11 is 0. The summed E-state index contributed by atoms with van der Waals surface area (Å²) in [7, 11) is 0. The fourth-order valence-corrected chi connectivity index (χ4v) is 1.98. The Balaban J connectivity index is 1.94. The van der Waals surface area contributed by atoms with Gasteiger partial charge < -0.3 is 10.2 Å². The van der Waals surface area contributed by atoms with E-state index < -0.39 is 0 Å². The van der Waals surface area contributed by atoms with E-state index in [9.17, 15) is 9.18 Å². The van der Waals surface area contributed by atoms with Crippen molar-refractivity contribution in [1.82, 2.24) is 10.2 Å². The van der Waals surface area contributed by atoms with Crippen LogP contribution in [0.2, 0.25) is 0 Å². The number of hydrogen-bond donors (Lipinski definition) is 1. The Morgan fingerprint density at radius 2 is 2.11 bits per heavy atom. The largest absolute Gasteiger partial charge is 0.334 e. The zero-order chi connectivity index (χ0) is 13.7. The number of rotatable bonds is 7. The third-order valence-corrected chi connectivity index (χ3v) is 3.14. The average molecular weight is 262 g/mol. The fraction of sp³-hybridized carbons (Fsp3) is 0.400. The van der Waals surface area contributed by atoms with Gasteiger partial charge in [0.15, 0.2) is 0 Å². The second kappa shape index (κ2) is 6.48. The van der Waals surface area contributed by atoms with Crippen LogP contribution in [0.25, 0.3) is 0 Å². The quantitative estimate of drug-likeness (QED) is 0.603. The topological polar surface area (TPSA) is 32.3 Å². The van der Waals surface area contributed by atoms with Crippen LogP contribution >= 0.6 is 0 Å². The third-order valence-electron chi connectivity index (χ3n) is 3.14. The molecule has 4 heteroatoms. The van der Waals surface area contributed by atoms with Gasteiger partial charge in [-0.3, -0.25) is 4.79 Å². The minimum absolute atomic E-state index is 0.0914. The van der Waals surface area contributed by atoms with Crippen LogP contribution in [0, 0.1) is 5.82 Å². The van der Waals surface area contributed by atoms with Crippen molar-refractivity contribution in [2.24, 2.45) is 0 Å². The maximum absolute atomic E-state index is 12.9. The molecule has 0 aromatic heterocycles. The van der Waals surface area contributed by atoms with Crippen molar-refractivity contribution in [2.45, 2.75) is 25.4 Å². The van der Waals surface area contributed by atoms with E-state index >= 15 is 0 Å². The van der Waals surface area contributed by atoms with E-state index in [0.29, 0.717) is 25.7 Å². The molecule has 0 radical (unpaired) electrons. The highest BCUT2D eigenvalue weighted by Crippen LogP contribution is 2.28. The highest BCUT2D eigenvalue weighted by atomic mass is 19.1. The summed E-state index contributed by atoms with van der Waals surface area (Å²) < 4.78 is 12.9. The Hall–Kier alpha value is -1.68. The summed E-state index contributed by atoms with van der Waals surface area (Å²) in [5.41, 5.74) is 0.963. The van der Waals surface area contributed by atoms with Crippen LogP contribution in [0.3, 0.4) is 0 Å². The van der Waals surface area contributed by atoms with Gasteiger partial charge >= 0.3 is 0 Å². The van der Waals surface area contributed by atoms with E-state index in [1.807, 2.05) is 4.90 Å². The van der Waals surface area contributed by atoms with Gasteiger partial charge in [-0.05, 0) is 30.5 Å². The Labute approximate surface area is 113 Å². The summed E-state index contributed by atoms with van der Waals surface area (Å²) in [6, 6.07) is 6.68. The number of nitrogens with one attached hydrogen (secondary N) is 1. The maximum Gasteiger partial charge on any atom is 0.237 e. The van der Waals surface area contributed by atoms with Gasteiger partial charge in [0, 0.05) is 19.1 Å². The van der Waals surface area contributed by atoms with Crippen molar-refractivity contribution < 1.29 is 9.18 Å². The zero-order valence-electron chi connectivity index (χ0n) is 10.9. The van der Waals surface area contributed by atoms with Crippen molar-refractivity contribution in [2.75, 3.05) is 13.1 Å². The summed E-state index contributed by atoms with van der Waals surface area (Å²) in [5, 5.41) is 3.02. The van der Waals surface area contributed by atoms with E-state index in [-0.39, 0.29) is 11.7 Å². The number of hydrogen-bond acceptors (Lipinski definition) is 2. The SMILES string of the molecule is C=CCNCC(=O)N(Cc1ccc(F)cc1)C1CC1. The van der Waals surface area contributed by atoms with Gasteiger partial charge in [0.1, 0.15) is 5.82 Å². The molecule has 1 aromatic carbocycles. The first-order chi connectivity index (χ1) is 9.20. The number of halogens is 1. The van der Waals surface area contributed by atoms with Crippen LogP contribution < -0.4 is 5.32 Å². The number of amides is 1. The molecule has 1 aromatic rings. The molecule has 0 bridgehead atoms. The Morgan fingerprint density at radius 3 is 2.68 bits per heavy atom. The normalized spacial score (nSPS) is 14.2. The number of benzene rings is 1. The van der Waals surface area contributed by atoms with E-state index in [1.165, 1.54) is 12.1 Å². The lowest BCUT2D eigenvalue weighted by molar-refractivity contribution is -0.131. The van der Waals surface area contributed by atoms with Crippen molar-refractivity contribution in [3.8, 4) is 0 Å². The van der Waals surface area contributed by atoms with E-state index in [4.69, 9.17) is 0 Å². The lowest BCUT2D eigenvalue weighted by atomic mass is 10.2. The van der Waals surface area contributed by atoms with Crippen molar-refractivity contribution in [3.63, 3.8) is 0 Å². The first-order valence-electron chi connectivity index (χ1n) is 6.56. The van der Waals surface area contributed by atoms with Crippen molar-refractivity contribution >= 4 is 5.91 Å². The molecule has 0 aliphatic heterocycles. The van der Waals surface area contributed by atoms with Crippen LogP contribution in [-0.4, -0.2) is 29.9 Å². The first-order valence-corrected chi connectivity index (χ1v) is 6.56. The van der Waals surface area contributed by atoms with Crippen LogP contribution in [0.5, 0.6) is 0 Å². The molecule has 0 saturated heterocycles. The summed E-state index contributed by atoms with van der Waals surface area (Å²) in [5.74, 6) is -0.158. The molecule has 102 valence electrons. The highest BCUT2D eigenvalue weighted by molar-refractivity contribution is 5.79. The Kier molecular flexibility index (Phi) is 4.68. The molecule has 1 fully saturated rings. The van der Waals surface area contributed by atoms with Gasteiger partial charge in [-0.1, -0.05) is 18.2 Å². The molecule has 1 amide bonds.